The Kier molecular flexibility index (Phi) is 8.00. The number of carbonyl (C=O) groups excluding carboxylic acids is 2. The molecule has 0 unspecified atom stereocenters. The van der Waals surface area contributed by atoms with Crippen molar-refractivity contribution in [2.24, 2.45) is 0 Å². The van der Waals surface area contributed by atoms with E-state index in [0.717, 1.165) is 0 Å². The number of ether oxygens (including phenoxy) is 3. The molecule has 162 valence electrons. The number of urea groups is 1. The molecule has 2 amide bonds. The van der Waals surface area contributed by atoms with Gasteiger partial charge < -0.3 is 14.2 Å². The van der Waals surface area contributed by atoms with Crippen molar-refractivity contribution in [3.8, 4) is 6.01 Å². The summed E-state index contributed by atoms with van der Waals surface area (Å²) in [5.74, 6) is -0.829. The summed E-state index contributed by atoms with van der Waals surface area (Å²) >= 11 is 0. The highest BCUT2D eigenvalue weighted by Gasteiger charge is 2.25. The number of rotatable bonds is 9. The smallest absolute Gasteiger partial charge is 0.339 e. The molecule has 2 aromatic rings. The summed E-state index contributed by atoms with van der Waals surface area (Å²) in [6.07, 6.45) is 0. The summed E-state index contributed by atoms with van der Waals surface area (Å²) in [6.45, 7) is 3.91. The van der Waals surface area contributed by atoms with Gasteiger partial charge in [0.15, 0.2) is 0 Å². The van der Waals surface area contributed by atoms with Crippen LogP contribution in [0.4, 0.5) is 10.7 Å². The second-order valence-corrected chi connectivity index (χ2v) is 7.23. The SMILES string of the molecule is CCOCCOC(=O)c1ccccc1S(=O)(=O)NC(=O)Nc1nc(C)nc(OC)n1. The average molecular weight is 439 g/mol. The van der Waals surface area contributed by atoms with Crippen LogP contribution in [0.1, 0.15) is 23.1 Å². The summed E-state index contributed by atoms with van der Waals surface area (Å²) in [5, 5.41) is 2.18. The van der Waals surface area contributed by atoms with E-state index >= 15 is 0 Å². The van der Waals surface area contributed by atoms with E-state index in [1.54, 1.807) is 11.6 Å². The fourth-order valence-electron chi connectivity index (χ4n) is 2.19. The minimum Gasteiger partial charge on any atom is -0.467 e. The maximum absolute atomic E-state index is 12.6. The molecule has 0 aliphatic heterocycles. The standard InChI is InChI=1S/C17H21N5O7S/c1-4-28-9-10-29-14(23)12-7-5-6-8-13(12)30(25,26)22-16(24)20-15-18-11(2)19-17(21-15)27-3/h5-8H,4,9-10H2,1-3H3,(H2,18,19,20,21,22,24). The van der Waals surface area contributed by atoms with Crippen LogP contribution in [0.15, 0.2) is 29.2 Å². The maximum atomic E-state index is 12.6. The zero-order valence-electron chi connectivity index (χ0n) is 16.5. The zero-order chi connectivity index (χ0) is 22.1. The van der Waals surface area contributed by atoms with Gasteiger partial charge in [-0.2, -0.15) is 15.0 Å². The summed E-state index contributed by atoms with van der Waals surface area (Å²) in [6, 6.07) is 4.13. The molecule has 0 bridgehead atoms. The summed E-state index contributed by atoms with van der Waals surface area (Å²) in [4.78, 5) is 35.5. The third-order valence-corrected chi connectivity index (χ3v) is 4.81. The van der Waals surface area contributed by atoms with Gasteiger partial charge in [-0.05, 0) is 26.0 Å². The molecule has 0 radical (unpaired) electrons. The van der Waals surface area contributed by atoms with Crippen molar-refractivity contribution in [1.29, 1.82) is 0 Å². The molecule has 0 saturated heterocycles. The van der Waals surface area contributed by atoms with E-state index < -0.39 is 26.9 Å². The molecule has 1 aromatic heterocycles. The highest BCUT2D eigenvalue weighted by molar-refractivity contribution is 7.90. The molecule has 0 aliphatic carbocycles. The van der Waals surface area contributed by atoms with Crippen molar-refractivity contribution in [3.05, 3.63) is 35.7 Å². The number of hydrogen-bond acceptors (Lipinski definition) is 10. The second kappa shape index (κ2) is 10.5. The van der Waals surface area contributed by atoms with Gasteiger partial charge in [0.1, 0.15) is 17.3 Å². The molecule has 0 atom stereocenters. The van der Waals surface area contributed by atoms with Crippen LogP contribution < -0.4 is 14.8 Å². The molecule has 0 aliphatic rings. The van der Waals surface area contributed by atoms with E-state index in [4.69, 9.17) is 14.2 Å². The highest BCUT2D eigenvalue weighted by Crippen LogP contribution is 2.17. The number of anilines is 1. The first-order valence-corrected chi connectivity index (χ1v) is 10.2. The normalized spacial score (nSPS) is 10.9. The van der Waals surface area contributed by atoms with E-state index in [-0.39, 0.29) is 36.6 Å². The van der Waals surface area contributed by atoms with Crippen molar-refractivity contribution in [3.63, 3.8) is 0 Å². The maximum Gasteiger partial charge on any atom is 0.339 e. The Balaban J connectivity index is 2.14. The molecular weight excluding hydrogens is 418 g/mol. The largest absolute Gasteiger partial charge is 0.467 e. The van der Waals surface area contributed by atoms with Gasteiger partial charge >= 0.3 is 18.0 Å². The lowest BCUT2D eigenvalue weighted by Crippen LogP contribution is -2.35. The molecule has 30 heavy (non-hydrogen) atoms. The Bertz CT molecular complexity index is 1010. The number of esters is 1. The molecule has 13 heteroatoms. The monoisotopic (exact) mass is 439 g/mol. The lowest BCUT2D eigenvalue weighted by atomic mass is 10.2. The van der Waals surface area contributed by atoms with Crippen LogP contribution in [0, 0.1) is 6.92 Å². The Hall–Kier alpha value is -3.32. The molecule has 12 nitrogen and oxygen atoms in total. The molecule has 1 aromatic carbocycles. The first-order valence-electron chi connectivity index (χ1n) is 8.71. The lowest BCUT2D eigenvalue weighted by Gasteiger charge is -2.12. The van der Waals surface area contributed by atoms with E-state index in [9.17, 15) is 18.0 Å². The van der Waals surface area contributed by atoms with Crippen LogP contribution in [0.25, 0.3) is 0 Å². The van der Waals surface area contributed by atoms with Gasteiger partial charge in [0.25, 0.3) is 10.0 Å². The Labute approximate surface area is 173 Å². The molecule has 0 spiro atoms. The van der Waals surface area contributed by atoms with Gasteiger partial charge in [0.05, 0.1) is 19.3 Å². The van der Waals surface area contributed by atoms with Gasteiger partial charge in [-0.15, -0.1) is 0 Å². The zero-order valence-corrected chi connectivity index (χ0v) is 17.4. The van der Waals surface area contributed by atoms with Crippen LogP contribution in [0.2, 0.25) is 0 Å². The number of amides is 2. The number of nitrogens with one attached hydrogen (secondary N) is 2. The van der Waals surface area contributed by atoms with Gasteiger partial charge in [-0.1, -0.05) is 12.1 Å². The molecular formula is C17H21N5O7S. The van der Waals surface area contributed by atoms with Crippen LogP contribution >= 0.6 is 0 Å². The van der Waals surface area contributed by atoms with Crippen LogP contribution in [-0.4, -0.2) is 62.3 Å². The van der Waals surface area contributed by atoms with Crippen LogP contribution in [-0.2, 0) is 19.5 Å². The number of hydrogen-bond donors (Lipinski definition) is 2. The number of nitrogens with zero attached hydrogens (tertiary/aromatic N) is 3. The van der Waals surface area contributed by atoms with Crippen molar-refractivity contribution < 1.29 is 32.2 Å². The summed E-state index contributed by atoms with van der Waals surface area (Å²) < 4.78 is 42.0. The Morgan fingerprint density at radius 1 is 1.10 bits per heavy atom. The fourth-order valence-corrected chi connectivity index (χ4v) is 3.30. The summed E-state index contributed by atoms with van der Waals surface area (Å²) in [5.41, 5.74) is -0.230. The topological polar surface area (TPSA) is 159 Å². The number of methoxy groups -OCH3 is 1. The van der Waals surface area contributed by atoms with E-state index in [1.807, 2.05) is 0 Å². The van der Waals surface area contributed by atoms with E-state index in [0.29, 0.717) is 6.61 Å². The fraction of sp³-hybridized carbons (Fsp3) is 0.353. The third-order valence-electron chi connectivity index (χ3n) is 3.42. The quantitative estimate of drug-likeness (QED) is 0.424. The van der Waals surface area contributed by atoms with Crippen molar-refractivity contribution >= 4 is 28.0 Å². The number of aromatic nitrogens is 3. The summed E-state index contributed by atoms with van der Waals surface area (Å²) in [7, 11) is -3.09. The first kappa shape index (κ1) is 23.0. The van der Waals surface area contributed by atoms with Crippen molar-refractivity contribution in [2.75, 3.05) is 32.2 Å². The minimum absolute atomic E-state index is 0.0461. The molecule has 0 fully saturated rings. The predicted octanol–water partition coefficient (Wildman–Crippen LogP) is 0.892. The van der Waals surface area contributed by atoms with E-state index in [2.05, 4.69) is 20.3 Å². The number of aryl methyl sites for hydroxylation is 1. The first-order chi connectivity index (χ1) is 14.3. The molecule has 2 rings (SSSR count). The third kappa shape index (κ3) is 6.35. The Morgan fingerprint density at radius 2 is 1.83 bits per heavy atom. The van der Waals surface area contributed by atoms with Crippen molar-refractivity contribution in [2.45, 2.75) is 18.7 Å². The van der Waals surface area contributed by atoms with Crippen LogP contribution in [0.3, 0.4) is 0 Å². The minimum atomic E-state index is -4.41. The lowest BCUT2D eigenvalue weighted by molar-refractivity contribution is 0.0331. The van der Waals surface area contributed by atoms with Crippen LogP contribution in [0.5, 0.6) is 6.01 Å². The molecule has 1 heterocycles. The molecule has 0 saturated carbocycles. The molecule has 2 N–H and O–H groups in total. The number of sulfonamides is 1. The van der Waals surface area contributed by atoms with Gasteiger partial charge in [0, 0.05) is 6.61 Å². The van der Waals surface area contributed by atoms with Gasteiger partial charge in [-0.3, -0.25) is 5.32 Å². The average Bonchev–Trinajstić information content (AvgIpc) is 2.70. The number of carbonyl (C=O) groups is 2. The van der Waals surface area contributed by atoms with Gasteiger partial charge in [0.2, 0.25) is 5.95 Å². The van der Waals surface area contributed by atoms with Crippen molar-refractivity contribution in [1.82, 2.24) is 19.7 Å². The number of benzene rings is 1. The second-order valence-electron chi connectivity index (χ2n) is 5.58. The highest BCUT2D eigenvalue weighted by atomic mass is 32.2. The Morgan fingerprint density at radius 3 is 2.53 bits per heavy atom. The van der Waals surface area contributed by atoms with Gasteiger partial charge in [-0.25, -0.2) is 22.7 Å². The van der Waals surface area contributed by atoms with E-state index in [1.165, 1.54) is 38.3 Å². The predicted molar refractivity (Wildman–Crippen MR) is 104 cm³/mol.